The topological polar surface area (TPSA) is 120 Å². The molecule has 39 heavy (non-hydrogen) atoms. The minimum Gasteiger partial charge on any atom is -0.480 e. The first-order chi connectivity index (χ1) is 18.3. The third kappa shape index (κ3) is 6.27. The van der Waals surface area contributed by atoms with Crippen molar-refractivity contribution in [2.24, 2.45) is 5.92 Å². The Bertz CT molecular complexity index is 1540. The average molecular weight is 578 g/mol. The monoisotopic (exact) mass is 577 g/mol. The first kappa shape index (κ1) is 28.2. The normalized spacial score (nSPS) is 13.3. The molecule has 1 amide bonds. The van der Waals surface area contributed by atoms with Gasteiger partial charge in [-0.1, -0.05) is 38.1 Å². The predicted molar refractivity (Wildman–Crippen MR) is 144 cm³/mol. The second-order valence-corrected chi connectivity index (χ2v) is 10.7. The number of nitrogens with zero attached hydrogens (tertiary/aromatic N) is 2. The number of rotatable bonds is 8. The highest BCUT2D eigenvalue weighted by molar-refractivity contribution is 7.80. The van der Waals surface area contributed by atoms with Crippen molar-refractivity contribution in [2.75, 3.05) is 9.62 Å². The highest BCUT2D eigenvalue weighted by Crippen LogP contribution is 2.33. The molecule has 13 heteroatoms. The van der Waals surface area contributed by atoms with Crippen molar-refractivity contribution in [2.45, 2.75) is 26.1 Å². The summed E-state index contributed by atoms with van der Waals surface area (Å²) in [5.41, 5.74) is 1.46. The van der Waals surface area contributed by atoms with Crippen LogP contribution in [0.4, 0.5) is 24.5 Å². The molecule has 1 heterocycles. The first-order valence-corrected chi connectivity index (χ1v) is 13.4. The first-order valence-electron chi connectivity index (χ1n) is 11.5. The molecule has 4 rings (SSSR count). The minimum atomic E-state index is -4.51. The van der Waals surface area contributed by atoms with Crippen LogP contribution in [0.2, 0.25) is 0 Å². The standard InChI is InChI=1S/C26H22F3N3O5S2/c1-14(2)22(25(34)35)32(39(36)37)19-10-5-16(6-11-19)15-3-8-18(9-4-15)30-23(33)24-31-20-13-17(26(27,28)29)7-12-21(20)38-24/h3-14,22H,1-2H3,(H,30,33)(H,34,35)(H,36,37). The second kappa shape index (κ2) is 11.1. The van der Waals surface area contributed by atoms with E-state index >= 15 is 0 Å². The lowest BCUT2D eigenvalue weighted by molar-refractivity contribution is -0.139. The molecule has 204 valence electrons. The number of carbonyl (C=O) groups is 2. The summed E-state index contributed by atoms with van der Waals surface area (Å²) in [6.07, 6.45) is -4.51. The van der Waals surface area contributed by atoms with E-state index in [1.54, 1.807) is 62.4 Å². The van der Waals surface area contributed by atoms with E-state index < -0.39 is 46.8 Å². The van der Waals surface area contributed by atoms with Crippen LogP contribution in [0.5, 0.6) is 0 Å². The Kier molecular flexibility index (Phi) is 8.04. The second-order valence-electron chi connectivity index (χ2n) is 8.86. The fourth-order valence-corrected chi connectivity index (χ4v) is 5.61. The summed E-state index contributed by atoms with van der Waals surface area (Å²) in [6.45, 7) is 3.29. The van der Waals surface area contributed by atoms with Gasteiger partial charge < -0.3 is 10.4 Å². The lowest BCUT2D eigenvalue weighted by Gasteiger charge is -2.29. The number of halogens is 3. The van der Waals surface area contributed by atoms with Gasteiger partial charge in [0.05, 0.1) is 21.5 Å². The van der Waals surface area contributed by atoms with Gasteiger partial charge in [-0.05, 0) is 59.5 Å². The molecular formula is C26H22F3N3O5S2. The fraction of sp³-hybridized carbons (Fsp3) is 0.192. The number of carboxylic acids is 1. The molecule has 3 aromatic carbocycles. The van der Waals surface area contributed by atoms with Crippen LogP contribution < -0.4 is 9.62 Å². The Hall–Kier alpha value is -3.81. The van der Waals surface area contributed by atoms with Crippen LogP contribution in [0.25, 0.3) is 21.3 Å². The number of benzene rings is 3. The number of alkyl halides is 3. The maximum Gasteiger partial charge on any atom is 0.416 e. The van der Waals surface area contributed by atoms with E-state index in [9.17, 15) is 36.6 Å². The molecule has 0 saturated carbocycles. The number of nitrogens with one attached hydrogen (secondary N) is 1. The van der Waals surface area contributed by atoms with Crippen molar-refractivity contribution in [3.8, 4) is 11.1 Å². The number of anilines is 2. The molecular weight excluding hydrogens is 555 g/mol. The molecule has 4 aromatic rings. The third-order valence-electron chi connectivity index (χ3n) is 5.81. The van der Waals surface area contributed by atoms with Crippen LogP contribution in [0.15, 0.2) is 66.7 Å². The average Bonchev–Trinajstić information content (AvgIpc) is 3.30. The lowest BCUT2D eigenvalue weighted by Crippen LogP contribution is -2.45. The number of aromatic nitrogens is 1. The largest absolute Gasteiger partial charge is 0.480 e. The van der Waals surface area contributed by atoms with E-state index in [1.807, 2.05) is 0 Å². The fourth-order valence-electron chi connectivity index (χ4n) is 3.94. The van der Waals surface area contributed by atoms with E-state index in [2.05, 4.69) is 10.3 Å². The SMILES string of the molecule is CC(C)C(C(=O)O)N(c1ccc(-c2ccc(NC(=O)c3nc4cc(C(F)(F)F)ccc4s3)cc2)cc1)S(=O)O. The van der Waals surface area contributed by atoms with Gasteiger partial charge in [0.2, 0.25) is 0 Å². The molecule has 0 aliphatic heterocycles. The molecule has 0 radical (unpaired) electrons. The summed E-state index contributed by atoms with van der Waals surface area (Å²) in [6, 6.07) is 15.1. The van der Waals surface area contributed by atoms with Crippen molar-refractivity contribution < 1.29 is 36.6 Å². The van der Waals surface area contributed by atoms with E-state index in [0.717, 1.165) is 38.9 Å². The van der Waals surface area contributed by atoms with Crippen molar-refractivity contribution in [1.82, 2.24) is 4.98 Å². The molecule has 0 spiro atoms. The Morgan fingerprint density at radius 3 is 2.10 bits per heavy atom. The van der Waals surface area contributed by atoms with Crippen LogP contribution in [-0.4, -0.2) is 36.8 Å². The van der Waals surface area contributed by atoms with Crippen molar-refractivity contribution in [1.29, 1.82) is 0 Å². The summed E-state index contributed by atoms with van der Waals surface area (Å²) in [5.74, 6) is -2.20. The number of hydrogen-bond donors (Lipinski definition) is 3. The van der Waals surface area contributed by atoms with Crippen LogP contribution in [0, 0.1) is 5.92 Å². The predicted octanol–water partition coefficient (Wildman–Crippen LogP) is 6.29. The van der Waals surface area contributed by atoms with Crippen molar-refractivity contribution in [3.05, 3.63) is 77.3 Å². The van der Waals surface area contributed by atoms with Crippen LogP contribution >= 0.6 is 11.3 Å². The zero-order chi connectivity index (χ0) is 28.5. The molecule has 8 nitrogen and oxygen atoms in total. The Labute approximate surface area is 227 Å². The third-order valence-corrected chi connectivity index (χ3v) is 7.62. The van der Waals surface area contributed by atoms with Gasteiger partial charge in [-0.2, -0.15) is 13.2 Å². The Balaban J connectivity index is 1.49. The summed E-state index contributed by atoms with van der Waals surface area (Å²) in [5, 5.41) is 12.2. The van der Waals surface area contributed by atoms with Gasteiger partial charge >= 0.3 is 12.1 Å². The van der Waals surface area contributed by atoms with Gasteiger partial charge in [0.15, 0.2) is 5.01 Å². The lowest BCUT2D eigenvalue weighted by atomic mass is 10.0. The van der Waals surface area contributed by atoms with Gasteiger partial charge in [0.25, 0.3) is 17.2 Å². The van der Waals surface area contributed by atoms with Gasteiger partial charge in [0.1, 0.15) is 6.04 Å². The van der Waals surface area contributed by atoms with Gasteiger partial charge in [-0.25, -0.2) is 14.0 Å². The molecule has 0 saturated heterocycles. The highest BCUT2D eigenvalue weighted by atomic mass is 32.2. The highest BCUT2D eigenvalue weighted by Gasteiger charge is 2.33. The van der Waals surface area contributed by atoms with Crippen LogP contribution in [0.3, 0.4) is 0 Å². The van der Waals surface area contributed by atoms with Crippen molar-refractivity contribution >= 4 is 56.1 Å². The van der Waals surface area contributed by atoms with Gasteiger partial charge in [0, 0.05) is 5.69 Å². The molecule has 0 bridgehead atoms. The van der Waals surface area contributed by atoms with E-state index in [4.69, 9.17) is 0 Å². The Morgan fingerprint density at radius 1 is 1.00 bits per heavy atom. The molecule has 0 aliphatic rings. The van der Waals surface area contributed by atoms with Gasteiger partial charge in [-0.3, -0.25) is 13.7 Å². The maximum atomic E-state index is 13.0. The smallest absolute Gasteiger partial charge is 0.416 e. The van der Waals surface area contributed by atoms with E-state index in [0.29, 0.717) is 10.4 Å². The summed E-state index contributed by atoms with van der Waals surface area (Å²) >= 11 is -1.57. The zero-order valence-corrected chi connectivity index (χ0v) is 22.1. The van der Waals surface area contributed by atoms with Crippen molar-refractivity contribution in [3.63, 3.8) is 0 Å². The summed E-state index contributed by atoms with van der Waals surface area (Å²) < 4.78 is 61.9. The number of carbonyl (C=O) groups excluding carboxylic acids is 1. The molecule has 1 aromatic heterocycles. The maximum absolute atomic E-state index is 13.0. The van der Waals surface area contributed by atoms with E-state index in [1.165, 1.54) is 6.07 Å². The minimum absolute atomic E-state index is 0.0240. The quantitative estimate of drug-likeness (QED) is 0.212. The van der Waals surface area contributed by atoms with Crippen LogP contribution in [0.1, 0.15) is 29.2 Å². The molecule has 0 aliphatic carbocycles. The summed E-state index contributed by atoms with van der Waals surface area (Å²) in [4.78, 5) is 28.4. The number of aliphatic carboxylic acids is 1. The molecule has 2 atom stereocenters. The number of amides is 1. The molecule has 0 fully saturated rings. The summed E-state index contributed by atoms with van der Waals surface area (Å²) in [7, 11) is 0. The Morgan fingerprint density at radius 2 is 1.59 bits per heavy atom. The van der Waals surface area contributed by atoms with Crippen LogP contribution in [-0.2, 0) is 22.2 Å². The van der Waals surface area contributed by atoms with E-state index in [-0.39, 0.29) is 16.2 Å². The van der Waals surface area contributed by atoms with Gasteiger partial charge in [-0.15, -0.1) is 11.3 Å². The molecule has 3 N–H and O–H groups in total. The number of hydrogen-bond acceptors (Lipinski definition) is 5. The number of fused-ring (bicyclic) bond motifs is 1. The number of thiazole rings is 1. The molecule has 2 unspecified atom stereocenters. The number of carboxylic acid groups (broad SMARTS) is 1. The zero-order valence-electron chi connectivity index (χ0n) is 20.5.